The summed E-state index contributed by atoms with van der Waals surface area (Å²) in [5.41, 5.74) is 2.77. The lowest BCUT2D eigenvalue weighted by Gasteiger charge is -2.30. The van der Waals surface area contributed by atoms with E-state index in [4.69, 9.17) is 9.72 Å². The van der Waals surface area contributed by atoms with Crippen LogP contribution in [0, 0.1) is 11.3 Å². The Morgan fingerprint density at radius 1 is 1.25 bits per heavy atom. The molecular weight excluding hydrogens is 423 g/mol. The van der Waals surface area contributed by atoms with Crippen molar-refractivity contribution in [2.24, 2.45) is 0 Å². The van der Waals surface area contributed by atoms with Crippen LogP contribution in [0.2, 0.25) is 0 Å². The number of fused-ring (bicyclic) bond motifs is 3. The first-order chi connectivity index (χ1) is 15.3. The van der Waals surface area contributed by atoms with Crippen LogP contribution in [0.3, 0.4) is 0 Å². The molecule has 0 radical (unpaired) electrons. The molecule has 1 aliphatic heterocycles. The van der Waals surface area contributed by atoms with E-state index in [-0.39, 0.29) is 24.3 Å². The number of pyridine rings is 1. The average molecular weight is 441 g/mol. The molecular formula is C22H18F3N5O2. The third-order valence-corrected chi connectivity index (χ3v) is 5.72. The molecule has 5 rings (SSSR count). The van der Waals surface area contributed by atoms with E-state index in [0.717, 1.165) is 29.8 Å². The molecule has 7 nitrogen and oxygen atoms in total. The summed E-state index contributed by atoms with van der Waals surface area (Å²) in [6.07, 6.45) is -1.39. The Balaban J connectivity index is 1.69. The van der Waals surface area contributed by atoms with Crippen LogP contribution >= 0.6 is 0 Å². The Hall–Kier alpha value is -3.45. The highest BCUT2D eigenvalue weighted by Gasteiger charge is 2.36. The number of benzene rings is 1. The van der Waals surface area contributed by atoms with Gasteiger partial charge in [-0.3, -0.25) is 4.98 Å². The van der Waals surface area contributed by atoms with Gasteiger partial charge in [0.15, 0.2) is 0 Å². The Morgan fingerprint density at radius 3 is 2.81 bits per heavy atom. The Morgan fingerprint density at radius 2 is 2.09 bits per heavy atom. The van der Waals surface area contributed by atoms with Gasteiger partial charge in [0.1, 0.15) is 11.3 Å². The van der Waals surface area contributed by atoms with Crippen molar-refractivity contribution in [1.29, 1.82) is 5.26 Å². The zero-order valence-corrected chi connectivity index (χ0v) is 17.1. The van der Waals surface area contributed by atoms with E-state index >= 15 is 0 Å². The van der Waals surface area contributed by atoms with Crippen molar-refractivity contribution in [1.82, 2.24) is 19.7 Å². The SMILES string of the molecule is C[C@@H]1C[C@H](n2c(Cc3cc(C(F)(F)F)on3)nc3cnc4ccc(C#N)cc4c32)CCO1. The van der Waals surface area contributed by atoms with Gasteiger partial charge in [0.2, 0.25) is 5.76 Å². The summed E-state index contributed by atoms with van der Waals surface area (Å²) in [5.74, 6) is -0.571. The van der Waals surface area contributed by atoms with E-state index < -0.39 is 11.9 Å². The predicted octanol–water partition coefficient (Wildman–Crippen LogP) is 4.79. The fourth-order valence-corrected chi connectivity index (χ4v) is 4.31. The summed E-state index contributed by atoms with van der Waals surface area (Å²) in [6.45, 7) is 2.56. The van der Waals surface area contributed by atoms with Crippen molar-refractivity contribution in [2.75, 3.05) is 6.61 Å². The largest absolute Gasteiger partial charge is 0.452 e. The molecule has 0 unspecified atom stereocenters. The summed E-state index contributed by atoms with van der Waals surface area (Å²) < 4.78 is 51.1. The van der Waals surface area contributed by atoms with Gasteiger partial charge in [0.25, 0.3) is 0 Å². The van der Waals surface area contributed by atoms with E-state index in [9.17, 15) is 18.4 Å². The molecule has 0 N–H and O–H groups in total. The first kappa shape index (κ1) is 20.5. The third kappa shape index (κ3) is 3.58. The third-order valence-electron chi connectivity index (χ3n) is 5.72. The number of hydrogen-bond acceptors (Lipinski definition) is 6. The average Bonchev–Trinajstić information content (AvgIpc) is 3.38. The second kappa shape index (κ2) is 7.60. The number of nitrogens with zero attached hydrogens (tertiary/aromatic N) is 5. The Labute approximate surface area is 180 Å². The van der Waals surface area contributed by atoms with E-state index in [2.05, 4.69) is 25.3 Å². The van der Waals surface area contributed by atoms with Gasteiger partial charge < -0.3 is 13.8 Å². The molecule has 3 aromatic heterocycles. The summed E-state index contributed by atoms with van der Waals surface area (Å²) in [4.78, 5) is 9.15. The number of alkyl halides is 3. The number of ether oxygens (including phenoxy) is 1. The zero-order valence-electron chi connectivity index (χ0n) is 17.1. The molecule has 0 aliphatic carbocycles. The van der Waals surface area contributed by atoms with Gasteiger partial charge >= 0.3 is 6.18 Å². The first-order valence-electron chi connectivity index (χ1n) is 10.2. The lowest BCUT2D eigenvalue weighted by molar-refractivity contribution is -0.155. The molecule has 10 heteroatoms. The minimum atomic E-state index is -4.60. The van der Waals surface area contributed by atoms with Crippen LogP contribution in [-0.2, 0) is 17.3 Å². The number of imidazole rings is 1. The number of nitriles is 1. The molecule has 0 bridgehead atoms. The standard InChI is InChI=1S/C22H18F3N5O2/c1-12-6-15(4-5-31-12)30-20(9-14-8-19(32-29-14)22(23,24)25)28-18-11-27-17-3-2-13(10-26)7-16(17)21(18)30/h2-3,7-8,11-12,15H,4-6,9H2,1H3/t12-,15-/m1/s1. The number of aromatic nitrogens is 4. The van der Waals surface area contributed by atoms with Crippen molar-refractivity contribution < 1.29 is 22.4 Å². The van der Waals surface area contributed by atoms with Gasteiger partial charge in [-0.2, -0.15) is 18.4 Å². The molecule has 4 heterocycles. The van der Waals surface area contributed by atoms with Crippen LogP contribution in [0.15, 0.2) is 35.0 Å². The normalized spacial score (nSPS) is 19.5. The van der Waals surface area contributed by atoms with Crippen molar-refractivity contribution >= 4 is 21.9 Å². The number of hydrogen-bond donors (Lipinski definition) is 0. The summed E-state index contributed by atoms with van der Waals surface area (Å²) in [6, 6.07) is 8.34. The molecule has 32 heavy (non-hydrogen) atoms. The van der Waals surface area contributed by atoms with E-state index in [0.29, 0.717) is 29.0 Å². The summed E-state index contributed by atoms with van der Waals surface area (Å²) in [5, 5.41) is 13.8. The van der Waals surface area contributed by atoms with Crippen LogP contribution in [0.5, 0.6) is 0 Å². The van der Waals surface area contributed by atoms with Crippen molar-refractivity contribution in [3.05, 3.63) is 53.3 Å². The van der Waals surface area contributed by atoms with Crippen LogP contribution in [0.4, 0.5) is 13.2 Å². The molecule has 1 aliphatic rings. The fourth-order valence-electron chi connectivity index (χ4n) is 4.31. The fraction of sp³-hybridized carbons (Fsp3) is 0.364. The van der Waals surface area contributed by atoms with Gasteiger partial charge in [-0.25, -0.2) is 4.98 Å². The molecule has 1 saturated heterocycles. The highest BCUT2D eigenvalue weighted by Crippen LogP contribution is 2.35. The number of rotatable bonds is 3. The van der Waals surface area contributed by atoms with E-state index in [1.54, 1.807) is 24.4 Å². The molecule has 164 valence electrons. The van der Waals surface area contributed by atoms with Gasteiger partial charge in [0, 0.05) is 24.1 Å². The van der Waals surface area contributed by atoms with E-state index in [1.807, 2.05) is 6.92 Å². The van der Waals surface area contributed by atoms with Crippen molar-refractivity contribution in [3.63, 3.8) is 0 Å². The van der Waals surface area contributed by atoms with Gasteiger partial charge in [-0.15, -0.1) is 0 Å². The quantitative estimate of drug-likeness (QED) is 0.454. The topological polar surface area (TPSA) is 89.8 Å². The molecule has 0 amide bonds. The Kier molecular flexibility index (Phi) is 4.86. The molecule has 1 aromatic carbocycles. The molecule has 0 spiro atoms. The lowest BCUT2D eigenvalue weighted by atomic mass is 10.0. The van der Waals surface area contributed by atoms with Crippen LogP contribution in [-0.4, -0.2) is 32.4 Å². The molecule has 4 aromatic rings. The monoisotopic (exact) mass is 441 g/mol. The van der Waals surface area contributed by atoms with Crippen LogP contribution < -0.4 is 0 Å². The summed E-state index contributed by atoms with van der Waals surface area (Å²) in [7, 11) is 0. The predicted molar refractivity (Wildman–Crippen MR) is 108 cm³/mol. The second-order valence-electron chi connectivity index (χ2n) is 7.95. The first-order valence-corrected chi connectivity index (χ1v) is 10.2. The van der Waals surface area contributed by atoms with Gasteiger partial charge in [-0.05, 0) is 38.0 Å². The van der Waals surface area contributed by atoms with Crippen LogP contribution in [0.25, 0.3) is 21.9 Å². The lowest BCUT2D eigenvalue weighted by Crippen LogP contribution is -2.26. The highest BCUT2D eigenvalue weighted by molar-refractivity contribution is 6.02. The molecule has 2 atom stereocenters. The summed E-state index contributed by atoms with van der Waals surface area (Å²) >= 11 is 0. The highest BCUT2D eigenvalue weighted by atomic mass is 19.4. The Bertz CT molecular complexity index is 1350. The molecule has 1 fully saturated rings. The number of halogens is 3. The maximum atomic E-state index is 13.0. The van der Waals surface area contributed by atoms with Crippen LogP contribution in [0.1, 0.15) is 48.6 Å². The maximum Gasteiger partial charge on any atom is 0.452 e. The van der Waals surface area contributed by atoms with Crippen molar-refractivity contribution in [2.45, 2.75) is 44.5 Å². The van der Waals surface area contributed by atoms with Gasteiger partial charge in [-0.1, -0.05) is 5.16 Å². The minimum Gasteiger partial charge on any atom is -0.378 e. The zero-order chi connectivity index (χ0) is 22.5. The van der Waals surface area contributed by atoms with Crippen molar-refractivity contribution in [3.8, 4) is 6.07 Å². The van der Waals surface area contributed by atoms with Gasteiger partial charge in [0.05, 0.1) is 47.1 Å². The van der Waals surface area contributed by atoms with E-state index in [1.165, 1.54) is 0 Å². The maximum absolute atomic E-state index is 13.0. The minimum absolute atomic E-state index is 0.0316. The second-order valence-corrected chi connectivity index (χ2v) is 7.95. The molecule has 0 saturated carbocycles. The smallest absolute Gasteiger partial charge is 0.378 e.